The Labute approximate surface area is 150 Å². The molecule has 1 aromatic carbocycles. The van der Waals surface area contributed by atoms with Gasteiger partial charge in [0.15, 0.2) is 0 Å². The van der Waals surface area contributed by atoms with Gasteiger partial charge in [-0.25, -0.2) is 9.37 Å². The Morgan fingerprint density at radius 3 is 2.80 bits per heavy atom. The van der Waals surface area contributed by atoms with Gasteiger partial charge in [0.2, 0.25) is 0 Å². The lowest BCUT2D eigenvalue weighted by atomic mass is 10.2. The number of hydrogen-bond donors (Lipinski definition) is 1. The average Bonchev–Trinajstić information content (AvgIpc) is 3.48. The lowest BCUT2D eigenvalue weighted by Crippen LogP contribution is -2.13. The van der Waals surface area contributed by atoms with Crippen LogP contribution in [0.3, 0.4) is 0 Å². The molecule has 1 amide bonds. The summed E-state index contributed by atoms with van der Waals surface area (Å²) in [5.41, 5.74) is 1.25. The number of carbonyl (C=O) groups is 1. The summed E-state index contributed by atoms with van der Waals surface area (Å²) in [5, 5.41) is 3.88. The molecule has 6 heteroatoms. The van der Waals surface area contributed by atoms with Crippen molar-refractivity contribution >= 4 is 22.9 Å². The van der Waals surface area contributed by atoms with Crippen LogP contribution in [0.1, 0.15) is 46.1 Å². The van der Waals surface area contributed by atoms with Crippen molar-refractivity contribution in [3.05, 3.63) is 39.6 Å². The van der Waals surface area contributed by atoms with Crippen molar-refractivity contribution in [3.8, 4) is 5.75 Å². The van der Waals surface area contributed by atoms with E-state index in [0.717, 1.165) is 35.9 Å². The monoisotopic (exact) mass is 360 g/mol. The molecule has 2 aromatic rings. The maximum absolute atomic E-state index is 13.5. The summed E-state index contributed by atoms with van der Waals surface area (Å²) < 4.78 is 19.2. The Kier molecular flexibility index (Phi) is 4.46. The number of carbonyl (C=O) groups excluding carboxylic acids is 1. The van der Waals surface area contributed by atoms with Crippen molar-refractivity contribution in [2.24, 2.45) is 11.8 Å². The van der Waals surface area contributed by atoms with Crippen LogP contribution in [0, 0.1) is 24.6 Å². The maximum atomic E-state index is 13.5. The lowest BCUT2D eigenvalue weighted by Gasteiger charge is -2.12. The molecule has 0 atom stereocenters. The number of aryl methyl sites for hydroxylation is 1. The first-order valence-electron chi connectivity index (χ1n) is 8.78. The first-order valence-corrected chi connectivity index (χ1v) is 9.60. The zero-order valence-corrected chi connectivity index (χ0v) is 15.0. The van der Waals surface area contributed by atoms with Crippen molar-refractivity contribution in [2.45, 2.75) is 39.0 Å². The number of nitrogens with zero attached hydrogens (tertiary/aromatic N) is 1. The number of rotatable bonds is 7. The van der Waals surface area contributed by atoms with Crippen molar-refractivity contribution in [2.75, 3.05) is 11.9 Å². The molecule has 4 rings (SSSR count). The van der Waals surface area contributed by atoms with Crippen LogP contribution in [0.2, 0.25) is 0 Å². The van der Waals surface area contributed by atoms with Crippen molar-refractivity contribution in [1.29, 1.82) is 0 Å². The summed E-state index contributed by atoms with van der Waals surface area (Å²) in [6.45, 7) is 2.43. The summed E-state index contributed by atoms with van der Waals surface area (Å²) in [6.07, 6.45) is 5.79. The minimum absolute atomic E-state index is 0.208. The standard InChI is InChI=1S/C19H21FN2O2S/c1-11-18(25-17(21-11)8-12-2-3-12)19(23)22-15-7-6-14(20)9-16(15)24-10-13-4-5-13/h6-7,9,12-13H,2-5,8,10H2,1H3,(H,22,23). The molecule has 0 radical (unpaired) electrons. The molecule has 1 N–H and O–H groups in total. The molecule has 2 aliphatic rings. The summed E-state index contributed by atoms with van der Waals surface area (Å²) in [5.74, 6) is 1.10. The summed E-state index contributed by atoms with van der Waals surface area (Å²) in [6, 6.07) is 4.21. The molecule has 0 spiro atoms. The Morgan fingerprint density at radius 1 is 1.32 bits per heavy atom. The third-order valence-corrected chi connectivity index (χ3v) is 5.75. The van der Waals surface area contributed by atoms with E-state index in [0.29, 0.717) is 28.8 Å². The molecule has 1 aromatic heterocycles. The fourth-order valence-electron chi connectivity index (χ4n) is 2.71. The predicted octanol–water partition coefficient (Wildman–Crippen LogP) is 4.58. The minimum Gasteiger partial charge on any atom is -0.491 e. The molecule has 2 fully saturated rings. The summed E-state index contributed by atoms with van der Waals surface area (Å²) in [7, 11) is 0. The van der Waals surface area contributed by atoms with Crippen LogP contribution in [-0.2, 0) is 6.42 Å². The first kappa shape index (κ1) is 16.5. The van der Waals surface area contributed by atoms with Crippen LogP contribution in [0.5, 0.6) is 5.75 Å². The minimum atomic E-state index is -0.371. The molecule has 2 saturated carbocycles. The van der Waals surface area contributed by atoms with E-state index in [1.807, 2.05) is 6.92 Å². The molecule has 2 aliphatic carbocycles. The second-order valence-electron chi connectivity index (χ2n) is 7.02. The lowest BCUT2D eigenvalue weighted by molar-refractivity contribution is 0.102. The van der Waals surface area contributed by atoms with Gasteiger partial charge in [-0.15, -0.1) is 11.3 Å². The molecule has 0 bridgehead atoms. The number of hydrogen-bond acceptors (Lipinski definition) is 4. The Hall–Kier alpha value is -1.95. The van der Waals surface area contributed by atoms with Gasteiger partial charge < -0.3 is 10.1 Å². The van der Waals surface area contributed by atoms with Crippen molar-refractivity contribution in [3.63, 3.8) is 0 Å². The summed E-state index contributed by atoms with van der Waals surface area (Å²) in [4.78, 5) is 17.8. The van der Waals surface area contributed by atoms with Gasteiger partial charge in [-0.05, 0) is 56.6 Å². The quantitative estimate of drug-likeness (QED) is 0.786. The van der Waals surface area contributed by atoms with E-state index in [1.54, 1.807) is 6.07 Å². The normalized spacial score (nSPS) is 16.7. The van der Waals surface area contributed by atoms with E-state index in [2.05, 4.69) is 10.3 Å². The molecule has 25 heavy (non-hydrogen) atoms. The highest BCUT2D eigenvalue weighted by Crippen LogP contribution is 2.35. The van der Waals surface area contributed by atoms with Gasteiger partial charge in [-0.3, -0.25) is 4.79 Å². The highest BCUT2D eigenvalue weighted by atomic mass is 32.1. The number of nitrogens with one attached hydrogen (secondary N) is 1. The van der Waals surface area contributed by atoms with Crippen LogP contribution < -0.4 is 10.1 Å². The molecular formula is C19H21FN2O2S. The molecule has 0 saturated heterocycles. The number of amides is 1. The highest BCUT2D eigenvalue weighted by Gasteiger charge is 2.25. The van der Waals surface area contributed by atoms with Gasteiger partial charge in [0, 0.05) is 12.5 Å². The Balaban J connectivity index is 1.48. The fourth-order valence-corrected chi connectivity index (χ4v) is 3.78. The topological polar surface area (TPSA) is 51.2 Å². The van der Waals surface area contributed by atoms with E-state index in [9.17, 15) is 9.18 Å². The molecule has 132 valence electrons. The van der Waals surface area contributed by atoms with E-state index in [1.165, 1.54) is 36.3 Å². The Bertz CT molecular complexity index is 797. The second kappa shape index (κ2) is 6.75. The first-order chi connectivity index (χ1) is 12.1. The van der Waals surface area contributed by atoms with Crippen LogP contribution in [-0.4, -0.2) is 17.5 Å². The number of aromatic nitrogens is 1. The van der Waals surface area contributed by atoms with Crippen molar-refractivity contribution < 1.29 is 13.9 Å². The van der Waals surface area contributed by atoms with E-state index < -0.39 is 0 Å². The van der Waals surface area contributed by atoms with Crippen LogP contribution in [0.25, 0.3) is 0 Å². The van der Waals surface area contributed by atoms with Crippen LogP contribution >= 0.6 is 11.3 Å². The van der Waals surface area contributed by atoms with Gasteiger partial charge in [0.05, 0.1) is 23.0 Å². The predicted molar refractivity (Wildman–Crippen MR) is 95.9 cm³/mol. The zero-order valence-electron chi connectivity index (χ0n) is 14.2. The largest absolute Gasteiger partial charge is 0.491 e. The van der Waals surface area contributed by atoms with Crippen LogP contribution in [0.15, 0.2) is 18.2 Å². The van der Waals surface area contributed by atoms with Crippen molar-refractivity contribution in [1.82, 2.24) is 4.98 Å². The maximum Gasteiger partial charge on any atom is 0.267 e. The van der Waals surface area contributed by atoms with Gasteiger partial charge >= 0.3 is 0 Å². The van der Waals surface area contributed by atoms with Gasteiger partial charge in [0.1, 0.15) is 16.4 Å². The SMILES string of the molecule is Cc1nc(CC2CC2)sc1C(=O)Nc1ccc(F)cc1OCC1CC1. The number of anilines is 1. The van der Waals surface area contributed by atoms with E-state index >= 15 is 0 Å². The third kappa shape index (κ3) is 4.18. The number of thiazole rings is 1. The third-order valence-electron chi connectivity index (χ3n) is 4.57. The average molecular weight is 360 g/mol. The van der Waals surface area contributed by atoms with Crippen LogP contribution in [0.4, 0.5) is 10.1 Å². The molecule has 0 aliphatic heterocycles. The summed E-state index contributed by atoms with van der Waals surface area (Å²) >= 11 is 1.45. The van der Waals surface area contributed by atoms with Gasteiger partial charge in [0.25, 0.3) is 5.91 Å². The van der Waals surface area contributed by atoms with E-state index in [-0.39, 0.29) is 11.7 Å². The smallest absolute Gasteiger partial charge is 0.267 e. The fraction of sp³-hybridized carbons (Fsp3) is 0.474. The number of halogens is 1. The van der Waals surface area contributed by atoms with Gasteiger partial charge in [-0.2, -0.15) is 0 Å². The second-order valence-corrected chi connectivity index (χ2v) is 8.10. The zero-order chi connectivity index (χ0) is 17.4. The molecule has 0 unspecified atom stereocenters. The Morgan fingerprint density at radius 2 is 2.08 bits per heavy atom. The molecule has 1 heterocycles. The number of ether oxygens (including phenoxy) is 1. The van der Waals surface area contributed by atoms with E-state index in [4.69, 9.17) is 4.74 Å². The highest BCUT2D eigenvalue weighted by molar-refractivity contribution is 7.13. The number of benzene rings is 1. The molecular weight excluding hydrogens is 339 g/mol. The molecule has 4 nitrogen and oxygen atoms in total. The van der Waals surface area contributed by atoms with Gasteiger partial charge in [-0.1, -0.05) is 0 Å².